The van der Waals surface area contributed by atoms with Gasteiger partial charge in [-0.15, -0.1) is 24.0 Å². The van der Waals surface area contributed by atoms with Crippen LogP contribution in [0.15, 0.2) is 23.3 Å². The topological polar surface area (TPSA) is 49.8 Å². The molecule has 1 saturated heterocycles. The number of halogens is 1. The Hall–Kier alpha value is -0.700. The van der Waals surface area contributed by atoms with Crippen molar-refractivity contribution < 1.29 is 4.74 Å². The van der Waals surface area contributed by atoms with Gasteiger partial charge in [0, 0.05) is 48.9 Å². The van der Waals surface area contributed by atoms with Crippen molar-refractivity contribution in [3.63, 3.8) is 0 Å². The zero-order valence-corrected chi connectivity index (χ0v) is 17.5. The van der Waals surface area contributed by atoms with Gasteiger partial charge in [-0.2, -0.15) is 11.8 Å². The highest BCUT2D eigenvalue weighted by molar-refractivity contribution is 14.0. The highest BCUT2D eigenvalue weighted by Crippen LogP contribution is 2.29. The van der Waals surface area contributed by atoms with E-state index in [1.54, 1.807) is 6.20 Å². The van der Waals surface area contributed by atoms with Gasteiger partial charge in [-0.3, -0.25) is 4.99 Å². The number of aromatic nitrogens is 1. The maximum Gasteiger partial charge on any atom is 0.218 e. The molecule has 1 fully saturated rings. The minimum absolute atomic E-state index is 0. The number of thioether (sulfide) groups is 1. The maximum absolute atomic E-state index is 5.57. The summed E-state index contributed by atoms with van der Waals surface area (Å²) in [6, 6.07) is 3.97. The average molecular weight is 450 g/mol. The summed E-state index contributed by atoms with van der Waals surface area (Å²) in [6.07, 6.45) is 1.76. The predicted molar refractivity (Wildman–Crippen MR) is 109 cm³/mol. The fraction of sp³-hybridized carbons (Fsp3) is 0.625. The first kappa shape index (κ1) is 20.3. The fourth-order valence-corrected chi connectivity index (χ4v) is 3.64. The molecule has 1 aromatic rings. The number of rotatable bonds is 4. The van der Waals surface area contributed by atoms with Crippen molar-refractivity contribution in [2.75, 3.05) is 32.5 Å². The number of guanidine groups is 1. The molecular formula is C16H27IN4OS. The fourth-order valence-electron chi connectivity index (χ4n) is 2.53. The number of ether oxygens (including phenoxy) is 1. The Morgan fingerprint density at radius 2 is 2.30 bits per heavy atom. The molecule has 0 radical (unpaired) electrons. The van der Waals surface area contributed by atoms with E-state index in [9.17, 15) is 0 Å². The van der Waals surface area contributed by atoms with E-state index >= 15 is 0 Å². The standard InChI is InChI=1S/C16H26N4OS.HI/c1-5-21-14-13(7-6-8-18-14)11-19-15(17-4)20-9-10-22-16(2,3)12-20;/h6-8H,5,9-12H2,1-4H3,(H,17,19);1H. The van der Waals surface area contributed by atoms with Gasteiger partial charge in [-0.25, -0.2) is 4.98 Å². The number of hydrogen-bond donors (Lipinski definition) is 1. The molecule has 1 N–H and O–H groups in total. The van der Waals surface area contributed by atoms with Gasteiger partial charge in [-0.05, 0) is 26.8 Å². The van der Waals surface area contributed by atoms with Gasteiger partial charge in [0.05, 0.1) is 6.61 Å². The lowest BCUT2D eigenvalue weighted by molar-refractivity contribution is 0.322. The molecule has 23 heavy (non-hydrogen) atoms. The Morgan fingerprint density at radius 1 is 1.52 bits per heavy atom. The summed E-state index contributed by atoms with van der Waals surface area (Å²) in [5, 5.41) is 3.44. The molecule has 2 rings (SSSR count). The number of nitrogens with one attached hydrogen (secondary N) is 1. The molecule has 130 valence electrons. The van der Waals surface area contributed by atoms with Gasteiger partial charge in [0.2, 0.25) is 5.88 Å². The largest absolute Gasteiger partial charge is 0.478 e. The lowest BCUT2D eigenvalue weighted by atomic mass is 10.2. The average Bonchev–Trinajstić information content (AvgIpc) is 2.49. The number of aliphatic imine (C=N–C) groups is 1. The molecule has 1 aliphatic heterocycles. The molecule has 5 nitrogen and oxygen atoms in total. The van der Waals surface area contributed by atoms with E-state index in [0.29, 0.717) is 19.0 Å². The minimum atomic E-state index is 0. The summed E-state index contributed by atoms with van der Waals surface area (Å²) >= 11 is 2.02. The third-order valence-electron chi connectivity index (χ3n) is 3.50. The van der Waals surface area contributed by atoms with Gasteiger partial charge in [-0.1, -0.05) is 6.07 Å². The lowest BCUT2D eigenvalue weighted by Crippen LogP contribution is -2.50. The summed E-state index contributed by atoms with van der Waals surface area (Å²) in [4.78, 5) is 11.0. The van der Waals surface area contributed by atoms with Crippen LogP contribution in [0.25, 0.3) is 0 Å². The second-order valence-electron chi connectivity index (χ2n) is 5.83. The molecule has 2 heterocycles. The summed E-state index contributed by atoms with van der Waals surface area (Å²) < 4.78 is 5.84. The van der Waals surface area contributed by atoms with Crippen LogP contribution in [-0.2, 0) is 6.54 Å². The van der Waals surface area contributed by atoms with Crippen LogP contribution in [0.4, 0.5) is 0 Å². The van der Waals surface area contributed by atoms with Gasteiger partial charge < -0.3 is 15.0 Å². The van der Waals surface area contributed by atoms with Gasteiger partial charge >= 0.3 is 0 Å². The van der Waals surface area contributed by atoms with E-state index in [1.807, 2.05) is 37.9 Å². The summed E-state index contributed by atoms with van der Waals surface area (Å²) in [5.74, 6) is 2.77. The minimum Gasteiger partial charge on any atom is -0.478 e. The monoisotopic (exact) mass is 450 g/mol. The first-order valence-electron chi connectivity index (χ1n) is 7.72. The van der Waals surface area contributed by atoms with Crippen molar-refractivity contribution in [1.29, 1.82) is 0 Å². The molecule has 0 amide bonds. The van der Waals surface area contributed by atoms with Crippen LogP contribution in [0.2, 0.25) is 0 Å². The quantitative estimate of drug-likeness (QED) is 0.434. The number of hydrogen-bond acceptors (Lipinski definition) is 4. The van der Waals surface area contributed by atoms with E-state index in [-0.39, 0.29) is 28.7 Å². The second-order valence-corrected chi connectivity index (χ2v) is 7.63. The Labute approximate surface area is 160 Å². The first-order valence-corrected chi connectivity index (χ1v) is 8.70. The molecular weight excluding hydrogens is 423 g/mol. The van der Waals surface area contributed by atoms with Gasteiger partial charge in [0.25, 0.3) is 0 Å². The molecule has 0 bridgehead atoms. The van der Waals surface area contributed by atoms with Crippen LogP contribution in [0.1, 0.15) is 26.3 Å². The predicted octanol–water partition coefficient (Wildman–Crippen LogP) is 3.00. The number of pyridine rings is 1. The Kier molecular flexibility index (Phi) is 8.46. The van der Waals surface area contributed by atoms with Crippen LogP contribution in [0.5, 0.6) is 5.88 Å². The molecule has 0 spiro atoms. The maximum atomic E-state index is 5.57. The van der Waals surface area contributed by atoms with Gasteiger partial charge in [0.15, 0.2) is 5.96 Å². The molecule has 0 unspecified atom stereocenters. The van der Waals surface area contributed by atoms with E-state index in [0.717, 1.165) is 30.4 Å². The van der Waals surface area contributed by atoms with Crippen LogP contribution in [0, 0.1) is 0 Å². The normalized spacial score (nSPS) is 17.4. The van der Waals surface area contributed by atoms with E-state index in [2.05, 4.69) is 34.0 Å². The molecule has 0 aromatic carbocycles. The van der Waals surface area contributed by atoms with E-state index in [4.69, 9.17) is 4.74 Å². The van der Waals surface area contributed by atoms with Crippen molar-refractivity contribution >= 4 is 41.7 Å². The lowest BCUT2D eigenvalue weighted by Gasteiger charge is -2.39. The summed E-state index contributed by atoms with van der Waals surface area (Å²) in [6.45, 7) is 9.85. The van der Waals surface area contributed by atoms with E-state index in [1.165, 1.54) is 0 Å². The van der Waals surface area contributed by atoms with Crippen LogP contribution >= 0.6 is 35.7 Å². The molecule has 0 atom stereocenters. The number of nitrogens with zero attached hydrogens (tertiary/aromatic N) is 3. The smallest absolute Gasteiger partial charge is 0.218 e. The molecule has 0 aliphatic carbocycles. The third-order valence-corrected chi connectivity index (χ3v) is 4.80. The van der Waals surface area contributed by atoms with Crippen molar-refractivity contribution in [2.24, 2.45) is 4.99 Å². The van der Waals surface area contributed by atoms with Crippen molar-refractivity contribution in [3.05, 3.63) is 23.9 Å². The van der Waals surface area contributed by atoms with Crippen LogP contribution in [-0.4, -0.2) is 53.1 Å². The zero-order valence-electron chi connectivity index (χ0n) is 14.3. The van der Waals surface area contributed by atoms with Crippen LogP contribution in [0.3, 0.4) is 0 Å². The van der Waals surface area contributed by atoms with Crippen molar-refractivity contribution in [2.45, 2.75) is 32.1 Å². The van der Waals surface area contributed by atoms with Crippen LogP contribution < -0.4 is 10.1 Å². The van der Waals surface area contributed by atoms with Crippen molar-refractivity contribution in [1.82, 2.24) is 15.2 Å². The van der Waals surface area contributed by atoms with Crippen molar-refractivity contribution in [3.8, 4) is 5.88 Å². The van der Waals surface area contributed by atoms with Gasteiger partial charge in [0.1, 0.15) is 0 Å². The molecule has 1 aromatic heterocycles. The Balaban J connectivity index is 0.00000264. The highest BCUT2D eigenvalue weighted by Gasteiger charge is 2.28. The second kappa shape index (κ2) is 9.56. The molecule has 7 heteroatoms. The first-order chi connectivity index (χ1) is 10.6. The van der Waals surface area contributed by atoms with E-state index < -0.39 is 0 Å². The highest BCUT2D eigenvalue weighted by atomic mass is 127. The zero-order chi connectivity index (χ0) is 16.0. The molecule has 0 saturated carbocycles. The SMILES string of the molecule is CCOc1ncccc1CNC(=NC)N1CCSC(C)(C)C1.I. The summed E-state index contributed by atoms with van der Waals surface area (Å²) in [5.41, 5.74) is 1.05. The third kappa shape index (κ3) is 6.02. The molecule has 1 aliphatic rings. The summed E-state index contributed by atoms with van der Waals surface area (Å²) in [7, 11) is 1.84. The Bertz CT molecular complexity index is 525. The Morgan fingerprint density at radius 3 is 2.96 bits per heavy atom.